The molecular formula is C18H21NO4S. The highest BCUT2D eigenvalue weighted by atomic mass is 32.2. The van der Waals surface area contributed by atoms with Gasteiger partial charge in [-0.15, -0.1) is 0 Å². The summed E-state index contributed by atoms with van der Waals surface area (Å²) in [5, 5.41) is 1.67. The monoisotopic (exact) mass is 347 g/mol. The Balaban J connectivity index is 1.65. The minimum atomic E-state index is -3.60. The molecule has 2 aromatic rings. The van der Waals surface area contributed by atoms with Gasteiger partial charge in [0.2, 0.25) is 10.0 Å². The van der Waals surface area contributed by atoms with E-state index in [4.69, 9.17) is 9.47 Å². The van der Waals surface area contributed by atoms with E-state index in [1.807, 2.05) is 30.3 Å². The lowest BCUT2D eigenvalue weighted by atomic mass is 9.68. The molecule has 2 aromatic carbocycles. The van der Waals surface area contributed by atoms with E-state index in [1.54, 1.807) is 19.2 Å². The molecule has 1 aliphatic heterocycles. The molecule has 4 atom stereocenters. The zero-order valence-electron chi connectivity index (χ0n) is 13.5. The van der Waals surface area contributed by atoms with Gasteiger partial charge in [0.1, 0.15) is 0 Å². The number of hydrogen-bond donors (Lipinski definition) is 1. The Kier molecular flexibility index (Phi) is 4.08. The summed E-state index contributed by atoms with van der Waals surface area (Å²) in [6.07, 6.45) is 1.01. The molecule has 1 saturated heterocycles. The van der Waals surface area contributed by atoms with Gasteiger partial charge in [-0.3, -0.25) is 0 Å². The van der Waals surface area contributed by atoms with Crippen LogP contribution in [0.4, 0.5) is 0 Å². The van der Waals surface area contributed by atoms with Gasteiger partial charge in [-0.1, -0.05) is 36.4 Å². The quantitative estimate of drug-likeness (QED) is 0.900. The van der Waals surface area contributed by atoms with Crippen molar-refractivity contribution in [2.75, 3.05) is 20.3 Å². The third kappa shape index (κ3) is 2.54. The van der Waals surface area contributed by atoms with Gasteiger partial charge in [-0.2, -0.15) is 0 Å². The molecule has 1 heterocycles. The Labute approximate surface area is 142 Å². The molecule has 6 heteroatoms. The fourth-order valence-corrected chi connectivity index (χ4v) is 5.64. The molecule has 1 aliphatic carbocycles. The number of nitrogens with one attached hydrogen (secondary N) is 1. The van der Waals surface area contributed by atoms with Gasteiger partial charge in [-0.05, 0) is 17.9 Å². The second-order valence-electron chi connectivity index (χ2n) is 6.53. The number of benzene rings is 2. The summed E-state index contributed by atoms with van der Waals surface area (Å²) in [5.74, 6) is 0.321. The molecule has 24 heavy (non-hydrogen) atoms. The van der Waals surface area contributed by atoms with E-state index in [-0.39, 0.29) is 24.0 Å². The lowest BCUT2D eigenvalue weighted by Crippen LogP contribution is -2.62. The molecule has 1 saturated carbocycles. The molecule has 0 unspecified atom stereocenters. The molecular weight excluding hydrogens is 326 g/mol. The molecule has 5 nitrogen and oxygen atoms in total. The number of fused-ring (bicyclic) bond motifs is 2. The van der Waals surface area contributed by atoms with E-state index in [9.17, 15) is 8.42 Å². The molecule has 4 rings (SSSR count). The van der Waals surface area contributed by atoms with Gasteiger partial charge < -0.3 is 9.47 Å². The number of methoxy groups -OCH3 is 1. The minimum absolute atomic E-state index is 0.0762. The summed E-state index contributed by atoms with van der Waals surface area (Å²) in [6, 6.07) is 12.8. The lowest BCUT2D eigenvalue weighted by Gasteiger charge is -2.47. The van der Waals surface area contributed by atoms with Crippen molar-refractivity contribution in [3.63, 3.8) is 0 Å². The summed E-state index contributed by atoms with van der Waals surface area (Å²) >= 11 is 0. The maximum atomic E-state index is 13.0. The topological polar surface area (TPSA) is 64.6 Å². The van der Waals surface area contributed by atoms with Crippen LogP contribution < -0.4 is 4.72 Å². The first-order chi connectivity index (χ1) is 11.6. The molecule has 0 spiro atoms. The first-order valence-electron chi connectivity index (χ1n) is 8.22. The maximum absolute atomic E-state index is 13.0. The third-order valence-corrected chi connectivity index (χ3v) is 6.73. The van der Waals surface area contributed by atoms with Crippen molar-refractivity contribution in [1.29, 1.82) is 0 Å². The summed E-state index contributed by atoms with van der Waals surface area (Å²) in [5.41, 5.74) is 0. The van der Waals surface area contributed by atoms with E-state index in [2.05, 4.69) is 4.72 Å². The maximum Gasteiger partial charge on any atom is 0.241 e. The van der Waals surface area contributed by atoms with Gasteiger partial charge in [0.15, 0.2) is 0 Å². The van der Waals surface area contributed by atoms with Gasteiger partial charge in [-0.25, -0.2) is 13.1 Å². The van der Waals surface area contributed by atoms with Crippen LogP contribution >= 0.6 is 0 Å². The van der Waals surface area contributed by atoms with Crippen molar-refractivity contribution in [2.45, 2.75) is 23.5 Å². The third-order valence-electron chi connectivity index (χ3n) is 5.22. The Morgan fingerprint density at radius 1 is 1.21 bits per heavy atom. The second kappa shape index (κ2) is 6.11. The number of rotatable bonds is 5. The highest BCUT2D eigenvalue weighted by Gasteiger charge is 2.55. The van der Waals surface area contributed by atoms with Crippen LogP contribution in [0, 0.1) is 11.8 Å². The van der Waals surface area contributed by atoms with Crippen molar-refractivity contribution >= 4 is 20.8 Å². The van der Waals surface area contributed by atoms with E-state index in [0.29, 0.717) is 18.1 Å². The predicted octanol–water partition coefficient (Wildman–Crippen LogP) is 2.17. The molecule has 0 radical (unpaired) electrons. The van der Waals surface area contributed by atoms with Gasteiger partial charge >= 0.3 is 0 Å². The normalized spacial score (nSPS) is 29.4. The van der Waals surface area contributed by atoms with Crippen LogP contribution in [0.3, 0.4) is 0 Å². The Morgan fingerprint density at radius 3 is 2.83 bits per heavy atom. The Hall–Kier alpha value is -1.47. The van der Waals surface area contributed by atoms with E-state index in [1.165, 1.54) is 0 Å². The SMILES string of the molecule is COC[C@H]1[C@@H](NS(=O)(=O)c2cccc3ccccc23)[C@H]2CCO[C@H]21. The molecule has 0 aromatic heterocycles. The average molecular weight is 347 g/mol. The van der Waals surface area contributed by atoms with Crippen molar-refractivity contribution in [3.8, 4) is 0 Å². The van der Waals surface area contributed by atoms with Crippen LogP contribution in [0.15, 0.2) is 47.4 Å². The zero-order valence-corrected chi connectivity index (χ0v) is 14.3. The smallest absolute Gasteiger partial charge is 0.241 e. The largest absolute Gasteiger partial charge is 0.384 e. The van der Waals surface area contributed by atoms with Crippen LogP contribution in [0.25, 0.3) is 10.8 Å². The van der Waals surface area contributed by atoms with Crippen LogP contribution in [0.5, 0.6) is 0 Å². The first-order valence-corrected chi connectivity index (χ1v) is 9.71. The summed E-state index contributed by atoms with van der Waals surface area (Å²) < 4.78 is 39.9. The number of hydrogen-bond acceptors (Lipinski definition) is 4. The van der Waals surface area contributed by atoms with Crippen molar-refractivity contribution in [2.24, 2.45) is 11.8 Å². The molecule has 2 fully saturated rings. The Morgan fingerprint density at radius 2 is 2.00 bits per heavy atom. The van der Waals surface area contributed by atoms with Crippen LogP contribution in [0.2, 0.25) is 0 Å². The van der Waals surface area contributed by atoms with Crippen LogP contribution in [-0.2, 0) is 19.5 Å². The van der Waals surface area contributed by atoms with E-state index in [0.717, 1.165) is 17.2 Å². The first kappa shape index (κ1) is 16.0. The lowest BCUT2D eigenvalue weighted by molar-refractivity contribution is -0.0775. The predicted molar refractivity (Wildman–Crippen MR) is 91.3 cm³/mol. The fourth-order valence-electron chi connectivity index (χ4n) is 4.07. The average Bonchev–Trinajstić information content (AvgIpc) is 3.02. The highest BCUT2D eigenvalue weighted by Crippen LogP contribution is 2.44. The minimum Gasteiger partial charge on any atom is -0.384 e. The van der Waals surface area contributed by atoms with Gasteiger partial charge in [0.05, 0.1) is 17.6 Å². The Bertz CT molecular complexity index is 846. The van der Waals surface area contributed by atoms with Gasteiger partial charge in [0.25, 0.3) is 0 Å². The van der Waals surface area contributed by atoms with E-state index < -0.39 is 10.0 Å². The second-order valence-corrected chi connectivity index (χ2v) is 8.21. The highest BCUT2D eigenvalue weighted by molar-refractivity contribution is 7.89. The summed E-state index contributed by atoms with van der Waals surface area (Å²) in [6.45, 7) is 1.20. The van der Waals surface area contributed by atoms with E-state index >= 15 is 0 Å². The molecule has 2 aliphatic rings. The zero-order chi connectivity index (χ0) is 16.7. The summed E-state index contributed by atoms with van der Waals surface area (Å²) in [4.78, 5) is 0.333. The number of ether oxygens (including phenoxy) is 2. The number of sulfonamides is 1. The summed E-state index contributed by atoms with van der Waals surface area (Å²) in [7, 11) is -1.96. The van der Waals surface area contributed by atoms with Crippen molar-refractivity contribution < 1.29 is 17.9 Å². The van der Waals surface area contributed by atoms with Crippen LogP contribution in [0.1, 0.15) is 6.42 Å². The van der Waals surface area contributed by atoms with Gasteiger partial charge in [0, 0.05) is 37.0 Å². The molecule has 128 valence electrons. The standard InChI is InChI=1S/C18H21NO4S/c1-22-11-15-17(14-9-10-23-18(14)15)19-24(20,21)16-8-4-6-12-5-2-3-7-13(12)16/h2-8,14-15,17-19H,9-11H2,1H3/t14-,15+,17+,18-/m1/s1. The van der Waals surface area contributed by atoms with Crippen molar-refractivity contribution in [3.05, 3.63) is 42.5 Å². The van der Waals surface area contributed by atoms with Crippen molar-refractivity contribution in [1.82, 2.24) is 4.72 Å². The van der Waals surface area contributed by atoms with Crippen LogP contribution in [-0.4, -0.2) is 40.9 Å². The molecule has 1 N–H and O–H groups in total. The fraction of sp³-hybridized carbons (Fsp3) is 0.444. The molecule has 0 bridgehead atoms. The molecule has 0 amide bonds.